The van der Waals surface area contributed by atoms with Gasteiger partial charge in [-0.15, -0.1) is 0 Å². The number of anilines is 1. The maximum Gasteiger partial charge on any atom is 0.277 e. The van der Waals surface area contributed by atoms with E-state index in [1.54, 1.807) is 41.3 Å². The molecule has 1 saturated heterocycles. The molecule has 0 spiro atoms. The summed E-state index contributed by atoms with van der Waals surface area (Å²) in [5.41, 5.74) is 1.15. The first kappa shape index (κ1) is 18.8. The highest BCUT2D eigenvalue weighted by atomic mass is 19.1. The molecule has 1 fully saturated rings. The summed E-state index contributed by atoms with van der Waals surface area (Å²) in [5.74, 6) is -0.950. The third kappa shape index (κ3) is 4.17. The van der Waals surface area contributed by atoms with Crippen molar-refractivity contribution in [3.05, 3.63) is 71.7 Å². The van der Waals surface area contributed by atoms with E-state index in [9.17, 15) is 14.0 Å². The molecule has 1 aromatic heterocycles. The van der Waals surface area contributed by atoms with Crippen LogP contribution in [-0.4, -0.2) is 48.2 Å². The number of halogens is 1. The van der Waals surface area contributed by atoms with Crippen molar-refractivity contribution in [3.63, 3.8) is 0 Å². The fourth-order valence-electron chi connectivity index (χ4n) is 3.04. The van der Waals surface area contributed by atoms with Crippen molar-refractivity contribution >= 4 is 17.5 Å². The lowest BCUT2D eigenvalue weighted by molar-refractivity contribution is 0.0303. The normalized spacial score (nSPS) is 13.9. The van der Waals surface area contributed by atoms with E-state index >= 15 is 0 Å². The van der Waals surface area contributed by atoms with Crippen molar-refractivity contribution < 1.29 is 23.2 Å². The van der Waals surface area contributed by atoms with Crippen molar-refractivity contribution in [2.45, 2.75) is 0 Å². The van der Waals surface area contributed by atoms with Crippen LogP contribution in [0.5, 0.6) is 0 Å². The molecule has 2 aromatic carbocycles. The molecule has 148 valence electrons. The minimum atomic E-state index is -0.521. The third-order valence-electron chi connectivity index (χ3n) is 4.55. The highest BCUT2D eigenvalue weighted by Crippen LogP contribution is 2.23. The van der Waals surface area contributed by atoms with Crippen LogP contribution in [0.2, 0.25) is 0 Å². The number of ether oxygens (including phenoxy) is 1. The van der Waals surface area contributed by atoms with Gasteiger partial charge in [-0.25, -0.2) is 4.39 Å². The van der Waals surface area contributed by atoms with Crippen LogP contribution in [0.15, 0.2) is 59.1 Å². The predicted octanol–water partition coefficient (Wildman–Crippen LogP) is 3.21. The molecule has 0 aliphatic carbocycles. The van der Waals surface area contributed by atoms with E-state index in [1.807, 2.05) is 0 Å². The fourth-order valence-corrected chi connectivity index (χ4v) is 3.04. The summed E-state index contributed by atoms with van der Waals surface area (Å²) >= 11 is 0. The minimum absolute atomic E-state index is 0.00756. The van der Waals surface area contributed by atoms with Gasteiger partial charge in [-0.2, -0.15) is 0 Å². The molecule has 7 nitrogen and oxygen atoms in total. The Morgan fingerprint density at radius 2 is 1.83 bits per heavy atom. The Hall–Kier alpha value is -3.52. The van der Waals surface area contributed by atoms with E-state index in [4.69, 9.17) is 9.26 Å². The van der Waals surface area contributed by atoms with Crippen molar-refractivity contribution in [2.75, 3.05) is 31.6 Å². The summed E-state index contributed by atoms with van der Waals surface area (Å²) < 4.78 is 24.2. The zero-order valence-electron chi connectivity index (χ0n) is 15.4. The molecular weight excluding hydrogens is 377 g/mol. The standard InChI is InChI=1S/C21H18FN3O4/c22-17-7-2-1-6-16(17)19-13-18(24-29-19)20(26)23-15-5-3-4-14(12-15)21(27)25-8-10-28-11-9-25/h1-7,12-13H,8-11H2,(H,23,26). The SMILES string of the molecule is O=C(Nc1cccc(C(=O)N2CCOCC2)c1)c1cc(-c2ccccc2F)on1. The Balaban J connectivity index is 1.48. The van der Waals surface area contributed by atoms with Crippen molar-refractivity contribution in [1.82, 2.24) is 10.1 Å². The number of carbonyl (C=O) groups is 2. The molecule has 0 bridgehead atoms. The first-order valence-corrected chi connectivity index (χ1v) is 9.12. The number of amides is 2. The second kappa shape index (κ2) is 8.24. The number of nitrogens with zero attached hydrogens (tertiary/aromatic N) is 2. The molecule has 0 saturated carbocycles. The van der Waals surface area contributed by atoms with Crippen LogP contribution in [0.3, 0.4) is 0 Å². The summed E-state index contributed by atoms with van der Waals surface area (Å²) in [6.07, 6.45) is 0. The van der Waals surface area contributed by atoms with Crippen LogP contribution in [0.4, 0.5) is 10.1 Å². The number of morpholine rings is 1. The Labute approximate surface area is 166 Å². The first-order valence-electron chi connectivity index (χ1n) is 9.12. The maximum atomic E-state index is 13.9. The number of aromatic nitrogens is 1. The van der Waals surface area contributed by atoms with Gasteiger partial charge in [-0.05, 0) is 30.3 Å². The maximum absolute atomic E-state index is 13.9. The molecule has 1 aliphatic heterocycles. The summed E-state index contributed by atoms with van der Waals surface area (Å²) in [5, 5.41) is 6.40. The van der Waals surface area contributed by atoms with E-state index in [0.717, 1.165) is 0 Å². The van der Waals surface area contributed by atoms with Crippen molar-refractivity contribution in [2.24, 2.45) is 0 Å². The Morgan fingerprint density at radius 3 is 2.62 bits per heavy atom. The number of carbonyl (C=O) groups excluding carboxylic acids is 2. The summed E-state index contributed by atoms with van der Waals surface area (Å²) in [6.45, 7) is 2.09. The summed E-state index contributed by atoms with van der Waals surface area (Å²) in [4.78, 5) is 26.8. The van der Waals surface area contributed by atoms with Gasteiger partial charge < -0.3 is 19.5 Å². The van der Waals surface area contributed by atoms with Crippen LogP contribution < -0.4 is 5.32 Å². The van der Waals surface area contributed by atoms with Gasteiger partial charge in [0.15, 0.2) is 11.5 Å². The average molecular weight is 395 g/mol. The van der Waals surface area contributed by atoms with Crippen LogP contribution >= 0.6 is 0 Å². The monoisotopic (exact) mass is 395 g/mol. The van der Waals surface area contributed by atoms with Gasteiger partial charge >= 0.3 is 0 Å². The van der Waals surface area contributed by atoms with Gasteiger partial charge in [0.05, 0.1) is 18.8 Å². The Kier molecular flexibility index (Phi) is 5.35. The zero-order chi connectivity index (χ0) is 20.2. The highest BCUT2D eigenvalue weighted by molar-refractivity contribution is 6.04. The fraction of sp³-hybridized carbons (Fsp3) is 0.190. The van der Waals surface area contributed by atoms with Gasteiger partial charge in [0.25, 0.3) is 11.8 Å². The molecular formula is C21H18FN3O4. The predicted molar refractivity (Wildman–Crippen MR) is 103 cm³/mol. The molecule has 29 heavy (non-hydrogen) atoms. The van der Waals surface area contributed by atoms with Crippen molar-refractivity contribution in [3.8, 4) is 11.3 Å². The molecule has 8 heteroatoms. The van der Waals surface area contributed by atoms with Crippen LogP contribution in [0.1, 0.15) is 20.8 Å². The third-order valence-corrected chi connectivity index (χ3v) is 4.55. The molecule has 2 amide bonds. The van der Waals surface area contributed by atoms with Crippen molar-refractivity contribution in [1.29, 1.82) is 0 Å². The van der Waals surface area contributed by atoms with Crippen LogP contribution in [0, 0.1) is 5.82 Å². The number of hydrogen-bond donors (Lipinski definition) is 1. The van der Waals surface area contributed by atoms with Crippen LogP contribution in [-0.2, 0) is 4.74 Å². The minimum Gasteiger partial charge on any atom is -0.378 e. The smallest absolute Gasteiger partial charge is 0.277 e. The lowest BCUT2D eigenvalue weighted by Crippen LogP contribution is -2.40. The summed E-state index contributed by atoms with van der Waals surface area (Å²) in [6, 6.07) is 14.1. The van der Waals surface area contributed by atoms with E-state index in [1.165, 1.54) is 18.2 Å². The van der Waals surface area contributed by atoms with Gasteiger partial charge in [0, 0.05) is 30.4 Å². The second-order valence-corrected chi connectivity index (χ2v) is 6.50. The average Bonchev–Trinajstić information content (AvgIpc) is 3.24. The first-order chi connectivity index (χ1) is 14.1. The second-order valence-electron chi connectivity index (χ2n) is 6.50. The number of rotatable bonds is 4. The molecule has 2 heterocycles. The molecule has 1 N–H and O–H groups in total. The number of hydrogen-bond acceptors (Lipinski definition) is 5. The topological polar surface area (TPSA) is 84.7 Å². The van der Waals surface area contributed by atoms with E-state index in [0.29, 0.717) is 37.6 Å². The largest absolute Gasteiger partial charge is 0.378 e. The Bertz CT molecular complexity index is 1040. The van der Waals surface area contributed by atoms with E-state index in [2.05, 4.69) is 10.5 Å². The molecule has 0 atom stereocenters. The lowest BCUT2D eigenvalue weighted by Gasteiger charge is -2.27. The molecule has 1 aliphatic rings. The highest BCUT2D eigenvalue weighted by Gasteiger charge is 2.20. The van der Waals surface area contributed by atoms with E-state index < -0.39 is 11.7 Å². The van der Waals surface area contributed by atoms with Crippen LogP contribution in [0.25, 0.3) is 11.3 Å². The number of benzene rings is 2. The molecule has 0 radical (unpaired) electrons. The molecule has 4 rings (SSSR count). The molecule has 3 aromatic rings. The zero-order valence-corrected chi connectivity index (χ0v) is 15.4. The summed E-state index contributed by atoms with van der Waals surface area (Å²) in [7, 11) is 0. The Morgan fingerprint density at radius 1 is 1.03 bits per heavy atom. The number of nitrogens with one attached hydrogen (secondary N) is 1. The van der Waals surface area contributed by atoms with Gasteiger partial charge in [-0.1, -0.05) is 23.4 Å². The quantitative estimate of drug-likeness (QED) is 0.733. The lowest BCUT2D eigenvalue weighted by atomic mass is 10.1. The van der Waals surface area contributed by atoms with Gasteiger partial charge in [-0.3, -0.25) is 9.59 Å². The van der Waals surface area contributed by atoms with E-state index in [-0.39, 0.29) is 22.9 Å². The van der Waals surface area contributed by atoms with Gasteiger partial charge in [0.1, 0.15) is 5.82 Å². The van der Waals surface area contributed by atoms with Gasteiger partial charge in [0.2, 0.25) is 0 Å². The molecule has 0 unspecified atom stereocenters.